The third-order valence-corrected chi connectivity index (χ3v) is 6.07. The van der Waals surface area contributed by atoms with Gasteiger partial charge in [-0.25, -0.2) is 4.98 Å². The molecule has 0 atom stereocenters. The first-order valence-electron chi connectivity index (χ1n) is 10.2. The number of aromatic nitrogens is 1. The van der Waals surface area contributed by atoms with Crippen molar-refractivity contribution in [2.45, 2.75) is 26.2 Å². The lowest BCUT2D eigenvalue weighted by molar-refractivity contribution is 0.0985. The summed E-state index contributed by atoms with van der Waals surface area (Å²) in [6.07, 6.45) is 3.36. The van der Waals surface area contributed by atoms with Gasteiger partial charge in [-0.05, 0) is 56.9 Å². The minimum atomic E-state index is -0.0791. The number of carbonyl (C=O) groups is 1. The molecule has 5 nitrogen and oxygen atoms in total. The molecular weight excluding hydrogens is 418 g/mol. The Bertz CT molecular complexity index is 972. The maximum atomic E-state index is 13.3. The minimum absolute atomic E-state index is 0.0791. The Kier molecular flexibility index (Phi) is 8.08. The summed E-state index contributed by atoms with van der Waals surface area (Å²) in [5, 5.41) is 1.25. The van der Waals surface area contributed by atoms with Crippen molar-refractivity contribution in [3.05, 3.63) is 53.1 Å². The standard InChI is InChI=1S/C23H28ClN3O2S/c1-4-5-6-16-29-18-12-10-17(11-13-18)22(28)27(15-14-26(2)3)23-25-21-19(24)8-7-9-20(21)30-23/h7-13H,4-6,14-16H2,1-3H3. The van der Waals surface area contributed by atoms with E-state index in [-0.39, 0.29) is 5.91 Å². The van der Waals surface area contributed by atoms with Gasteiger partial charge in [-0.15, -0.1) is 0 Å². The van der Waals surface area contributed by atoms with E-state index in [1.54, 1.807) is 4.90 Å². The lowest BCUT2D eigenvalue weighted by atomic mass is 10.2. The zero-order chi connectivity index (χ0) is 21.5. The molecule has 160 valence electrons. The Morgan fingerprint density at radius 1 is 1.10 bits per heavy atom. The number of unbranched alkanes of at least 4 members (excludes halogenated alkanes) is 2. The first-order valence-corrected chi connectivity index (χ1v) is 11.4. The van der Waals surface area contributed by atoms with E-state index in [2.05, 4.69) is 11.9 Å². The molecule has 0 saturated heterocycles. The van der Waals surface area contributed by atoms with Crippen LogP contribution in [0.1, 0.15) is 36.5 Å². The quantitative estimate of drug-likeness (QED) is 0.374. The molecule has 3 aromatic rings. The molecule has 1 aromatic heterocycles. The fraction of sp³-hybridized carbons (Fsp3) is 0.391. The van der Waals surface area contributed by atoms with E-state index in [0.29, 0.717) is 28.9 Å². The first kappa shape index (κ1) is 22.5. The second-order valence-corrected chi connectivity index (χ2v) is 8.84. The number of halogens is 1. The molecule has 0 unspecified atom stereocenters. The van der Waals surface area contributed by atoms with Crippen LogP contribution in [0, 0.1) is 0 Å². The average molecular weight is 446 g/mol. The van der Waals surface area contributed by atoms with Crippen molar-refractivity contribution in [1.82, 2.24) is 9.88 Å². The van der Waals surface area contributed by atoms with Crippen molar-refractivity contribution < 1.29 is 9.53 Å². The van der Waals surface area contributed by atoms with E-state index in [1.165, 1.54) is 11.3 Å². The van der Waals surface area contributed by atoms with Crippen molar-refractivity contribution >= 4 is 44.2 Å². The van der Waals surface area contributed by atoms with E-state index in [0.717, 1.165) is 41.8 Å². The topological polar surface area (TPSA) is 45.7 Å². The fourth-order valence-electron chi connectivity index (χ4n) is 2.99. The summed E-state index contributed by atoms with van der Waals surface area (Å²) >= 11 is 7.78. The number of carbonyl (C=O) groups excluding carboxylic acids is 1. The van der Waals surface area contributed by atoms with Gasteiger partial charge in [0.05, 0.1) is 16.3 Å². The van der Waals surface area contributed by atoms with Gasteiger partial charge in [0.25, 0.3) is 5.91 Å². The van der Waals surface area contributed by atoms with Gasteiger partial charge in [0.2, 0.25) is 0 Å². The third kappa shape index (κ3) is 5.72. The average Bonchev–Trinajstić information content (AvgIpc) is 3.17. The molecule has 0 saturated carbocycles. The van der Waals surface area contributed by atoms with E-state index in [1.807, 2.05) is 61.5 Å². The summed E-state index contributed by atoms with van der Waals surface area (Å²) in [5.74, 6) is 0.707. The lowest BCUT2D eigenvalue weighted by Gasteiger charge is -2.22. The van der Waals surface area contributed by atoms with Crippen LogP contribution in [0.4, 0.5) is 5.13 Å². The Morgan fingerprint density at radius 2 is 1.87 bits per heavy atom. The van der Waals surface area contributed by atoms with Crippen molar-refractivity contribution in [3.63, 3.8) is 0 Å². The molecule has 30 heavy (non-hydrogen) atoms. The predicted octanol–water partition coefficient (Wildman–Crippen LogP) is 5.73. The van der Waals surface area contributed by atoms with Gasteiger partial charge in [-0.2, -0.15) is 0 Å². The Labute approximate surface area is 187 Å². The zero-order valence-corrected chi connectivity index (χ0v) is 19.3. The van der Waals surface area contributed by atoms with Crippen molar-refractivity contribution in [3.8, 4) is 5.75 Å². The van der Waals surface area contributed by atoms with E-state index < -0.39 is 0 Å². The zero-order valence-electron chi connectivity index (χ0n) is 17.7. The summed E-state index contributed by atoms with van der Waals surface area (Å²) in [6, 6.07) is 13.1. The monoisotopic (exact) mass is 445 g/mol. The smallest absolute Gasteiger partial charge is 0.260 e. The molecule has 1 amide bonds. The number of likely N-dealkylation sites (N-methyl/N-ethyl adjacent to an activating group) is 1. The van der Waals surface area contributed by atoms with Gasteiger partial charge >= 0.3 is 0 Å². The van der Waals surface area contributed by atoms with Gasteiger partial charge in [0, 0.05) is 18.7 Å². The van der Waals surface area contributed by atoms with Crippen LogP contribution in [-0.2, 0) is 0 Å². The SMILES string of the molecule is CCCCCOc1ccc(C(=O)N(CCN(C)C)c2nc3c(Cl)cccc3s2)cc1. The normalized spacial score (nSPS) is 11.2. The largest absolute Gasteiger partial charge is 0.494 e. The highest BCUT2D eigenvalue weighted by atomic mass is 35.5. The van der Waals surface area contributed by atoms with Crippen LogP contribution in [0.2, 0.25) is 5.02 Å². The van der Waals surface area contributed by atoms with Gasteiger partial charge in [-0.1, -0.05) is 48.8 Å². The molecular formula is C23H28ClN3O2S. The molecule has 0 bridgehead atoms. The van der Waals surface area contributed by atoms with Crippen LogP contribution in [0.25, 0.3) is 10.2 Å². The number of para-hydroxylation sites is 1. The molecule has 0 aliphatic heterocycles. The van der Waals surface area contributed by atoms with Gasteiger partial charge in [0.1, 0.15) is 11.3 Å². The number of rotatable bonds is 10. The van der Waals surface area contributed by atoms with Crippen LogP contribution in [0.15, 0.2) is 42.5 Å². The number of nitrogens with zero attached hydrogens (tertiary/aromatic N) is 3. The number of fused-ring (bicyclic) bond motifs is 1. The van der Waals surface area contributed by atoms with E-state index >= 15 is 0 Å². The molecule has 2 aromatic carbocycles. The highest BCUT2D eigenvalue weighted by molar-refractivity contribution is 7.22. The number of ether oxygens (including phenoxy) is 1. The van der Waals surface area contributed by atoms with Gasteiger partial charge in [0.15, 0.2) is 5.13 Å². The Balaban J connectivity index is 1.80. The highest BCUT2D eigenvalue weighted by Gasteiger charge is 2.22. The second kappa shape index (κ2) is 10.8. The first-order chi connectivity index (χ1) is 14.5. The maximum absolute atomic E-state index is 13.3. The molecule has 1 heterocycles. The molecule has 0 spiro atoms. The summed E-state index contributed by atoms with van der Waals surface area (Å²) in [7, 11) is 3.98. The minimum Gasteiger partial charge on any atom is -0.494 e. The summed E-state index contributed by atoms with van der Waals surface area (Å²) in [4.78, 5) is 21.8. The molecule has 0 aliphatic rings. The van der Waals surface area contributed by atoms with Crippen LogP contribution >= 0.6 is 22.9 Å². The van der Waals surface area contributed by atoms with Crippen LogP contribution in [-0.4, -0.2) is 49.6 Å². The predicted molar refractivity (Wildman–Crippen MR) is 126 cm³/mol. The van der Waals surface area contributed by atoms with Crippen molar-refractivity contribution in [2.24, 2.45) is 0 Å². The van der Waals surface area contributed by atoms with Crippen molar-refractivity contribution in [2.75, 3.05) is 38.7 Å². The molecule has 0 aliphatic carbocycles. The summed E-state index contributed by atoms with van der Waals surface area (Å²) in [6.45, 7) is 4.14. The Hall–Kier alpha value is -2.15. The summed E-state index contributed by atoms with van der Waals surface area (Å²) in [5.41, 5.74) is 1.35. The van der Waals surface area contributed by atoms with E-state index in [4.69, 9.17) is 16.3 Å². The van der Waals surface area contributed by atoms with Crippen LogP contribution < -0.4 is 9.64 Å². The number of anilines is 1. The fourth-order valence-corrected chi connectivity index (χ4v) is 4.28. The molecule has 0 N–H and O–H groups in total. The number of benzene rings is 2. The molecule has 0 fully saturated rings. The van der Waals surface area contributed by atoms with Crippen LogP contribution in [0.3, 0.4) is 0 Å². The third-order valence-electron chi connectivity index (χ3n) is 4.72. The molecule has 3 rings (SSSR count). The van der Waals surface area contributed by atoms with Crippen molar-refractivity contribution in [1.29, 1.82) is 0 Å². The maximum Gasteiger partial charge on any atom is 0.260 e. The molecule has 7 heteroatoms. The van der Waals surface area contributed by atoms with Gasteiger partial charge in [-0.3, -0.25) is 9.69 Å². The number of amides is 1. The second-order valence-electron chi connectivity index (χ2n) is 7.42. The lowest BCUT2D eigenvalue weighted by Crippen LogP contribution is -2.36. The summed E-state index contributed by atoms with van der Waals surface area (Å²) < 4.78 is 6.73. The highest BCUT2D eigenvalue weighted by Crippen LogP contribution is 2.33. The van der Waals surface area contributed by atoms with E-state index in [9.17, 15) is 4.79 Å². The number of hydrogen-bond donors (Lipinski definition) is 0. The number of hydrogen-bond acceptors (Lipinski definition) is 5. The van der Waals surface area contributed by atoms with Crippen LogP contribution in [0.5, 0.6) is 5.75 Å². The van der Waals surface area contributed by atoms with Gasteiger partial charge < -0.3 is 9.64 Å². The molecule has 0 radical (unpaired) electrons. The number of thiazole rings is 1. The Morgan fingerprint density at radius 3 is 2.53 bits per heavy atom.